The van der Waals surface area contributed by atoms with Crippen molar-refractivity contribution in [1.29, 1.82) is 0 Å². The van der Waals surface area contributed by atoms with Crippen LogP contribution in [0.25, 0.3) is 10.9 Å². The minimum Gasteiger partial charge on any atom is -0.367 e. The van der Waals surface area contributed by atoms with Gasteiger partial charge in [0, 0.05) is 61.8 Å². The van der Waals surface area contributed by atoms with E-state index in [1.165, 1.54) is 12.8 Å². The largest absolute Gasteiger partial charge is 0.367 e. The maximum absolute atomic E-state index is 12.8. The third kappa shape index (κ3) is 4.22. The lowest BCUT2D eigenvalue weighted by Crippen LogP contribution is -2.51. The molecule has 0 atom stereocenters. The van der Waals surface area contributed by atoms with Crippen LogP contribution in [0.1, 0.15) is 38.2 Å². The van der Waals surface area contributed by atoms with E-state index < -0.39 is 0 Å². The molecule has 8 nitrogen and oxygen atoms in total. The van der Waals surface area contributed by atoms with Gasteiger partial charge in [-0.15, -0.1) is 0 Å². The number of anilines is 2. The van der Waals surface area contributed by atoms with Crippen LogP contribution >= 0.6 is 11.9 Å². The second-order valence-corrected chi connectivity index (χ2v) is 12.2. The highest BCUT2D eigenvalue weighted by Crippen LogP contribution is 2.75. The first-order valence-electron chi connectivity index (χ1n) is 12.6. The van der Waals surface area contributed by atoms with Crippen LogP contribution in [0.3, 0.4) is 0 Å². The van der Waals surface area contributed by atoms with Gasteiger partial charge in [-0.1, -0.05) is 0 Å². The molecule has 1 aromatic heterocycles. The van der Waals surface area contributed by atoms with Crippen molar-refractivity contribution in [2.24, 2.45) is 11.3 Å². The van der Waals surface area contributed by atoms with E-state index in [1.54, 1.807) is 30.9 Å². The summed E-state index contributed by atoms with van der Waals surface area (Å²) in [6.07, 6.45) is 4.45. The molecule has 9 heteroatoms. The fourth-order valence-electron chi connectivity index (χ4n) is 4.98. The molecule has 2 aromatic rings. The molecule has 0 spiro atoms. The van der Waals surface area contributed by atoms with Crippen molar-refractivity contribution < 1.29 is 9.59 Å². The second kappa shape index (κ2) is 8.00. The molecule has 3 amide bonds. The van der Waals surface area contributed by atoms with E-state index >= 15 is 0 Å². The van der Waals surface area contributed by atoms with Gasteiger partial charge >= 0.3 is 6.03 Å². The Morgan fingerprint density at radius 1 is 1.11 bits per heavy atom. The minimum atomic E-state index is -0.0841. The molecular weight excluding hydrogens is 460 g/mol. The van der Waals surface area contributed by atoms with Crippen molar-refractivity contribution >= 4 is 46.3 Å². The molecule has 4 aliphatic rings. The minimum absolute atomic E-state index is 0.0617. The number of rotatable bonds is 6. The summed E-state index contributed by atoms with van der Waals surface area (Å²) in [6.45, 7) is 7.20. The first-order valence-corrected chi connectivity index (χ1v) is 13.4. The van der Waals surface area contributed by atoms with Crippen LogP contribution in [0.15, 0.2) is 23.1 Å². The number of hydrogen-bond acceptors (Lipinski definition) is 6. The summed E-state index contributed by atoms with van der Waals surface area (Å²) in [5.41, 5.74) is 3.13. The van der Waals surface area contributed by atoms with E-state index in [0.29, 0.717) is 24.8 Å². The molecule has 35 heavy (non-hydrogen) atoms. The predicted molar refractivity (Wildman–Crippen MR) is 140 cm³/mol. The molecule has 0 radical (unpaired) electrons. The Balaban J connectivity index is 1.30. The van der Waals surface area contributed by atoms with Gasteiger partial charge in [0.25, 0.3) is 0 Å². The molecular formula is C26H34N6O2S. The molecule has 1 aliphatic heterocycles. The van der Waals surface area contributed by atoms with Crippen LogP contribution in [0.5, 0.6) is 0 Å². The van der Waals surface area contributed by atoms with Gasteiger partial charge in [0.2, 0.25) is 5.91 Å². The summed E-state index contributed by atoms with van der Waals surface area (Å²) in [6, 6.07) is 6.58. The number of carbonyl (C=O) groups excluding carboxylic acids is 2. The zero-order chi connectivity index (χ0) is 24.5. The maximum Gasteiger partial charge on any atom is 0.319 e. The predicted octanol–water partition coefficient (Wildman–Crippen LogP) is 3.84. The number of carbonyl (C=O) groups is 2. The van der Waals surface area contributed by atoms with Gasteiger partial charge in [-0.2, -0.15) is 0 Å². The summed E-state index contributed by atoms with van der Waals surface area (Å²) in [4.78, 5) is 37.1. The number of pyridine rings is 1. The normalized spacial score (nSPS) is 25.8. The van der Waals surface area contributed by atoms with Gasteiger partial charge in [0.05, 0.1) is 10.9 Å². The number of amides is 3. The number of urea groups is 1. The summed E-state index contributed by atoms with van der Waals surface area (Å²) in [5.74, 6) is 1.41. The Labute approximate surface area is 210 Å². The second-order valence-electron chi connectivity index (χ2n) is 11.3. The van der Waals surface area contributed by atoms with Crippen LogP contribution in [0.4, 0.5) is 16.3 Å². The lowest BCUT2D eigenvalue weighted by Gasteiger charge is -2.37. The standard InChI is InChI=1S/C26H34N6O2S/c1-16-11-19-20(27-22(16)28-23(33)26-14-17(26)15-26)12-18(35-29-25(2)5-6-25)13-21(19)31-7-9-32(10-8-31)24(34)30(3)4/h11-13,17,29H,5-10,14-15H2,1-4H3,(H,27,28,33). The van der Waals surface area contributed by atoms with Crippen LogP contribution in [-0.4, -0.2) is 72.5 Å². The molecule has 1 saturated heterocycles. The molecule has 0 bridgehead atoms. The first-order chi connectivity index (χ1) is 16.7. The van der Waals surface area contributed by atoms with Crippen LogP contribution in [-0.2, 0) is 4.79 Å². The van der Waals surface area contributed by atoms with Crippen molar-refractivity contribution in [2.75, 3.05) is 50.5 Å². The number of fused-ring (bicyclic) bond motifs is 2. The van der Waals surface area contributed by atoms with Gasteiger partial charge in [-0.3, -0.25) is 9.52 Å². The number of benzene rings is 1. The molecule has 6 rings (SSSR count). The Kier molecular flexibility index (Phi) is 5.23. The van der Waals surface area contributed by atoms with Gasteiger partial charge in [-0.05, 0) is 81.2 Å². The molecule has 3 aliphatic carbocycles. The number of hydrogen-bond donors (Lipinski definition) is 2. The fourth-order valence-corrected chi connectivity index (χ4v) is 5.89. The number of nitrogens with zero attached hydrogens (tertiary/aromatic N) is 4. The summed E-state index contributed by atoms with van der Waals surface area (Å²) < 4.78 is 3.61. The summed E-state index contributed by atoms with van der Waals surface area (Å²) >= 11 is 1.66. The SMILES string of the molecule is Cc1cc2c(N3CCN(C(=O)N(C)C)CC3)cc(SNC3(C)CC3)cc2nc1NC(=O)C12CC1C2. The van der Waals surface area contributed by atoms with Crippen LogP contribution in [0.2, 0.25) is 0 Å². The van der Waals surface area contributed by atoms with Crippen molar-refractivity contribution in [3.63, 3.8) is 0 Å². The average Bonchev–Trinajstić information content (AvgIpc) is 3.74. The van der Waals surface area contributed by atoms with Crippen LogP contribution in [0, 0.1) is 18.3 Å². The van der Waals surface area contributed by atoms with Crippen molar-refractivity contribution in [1.82, 2.24) is 19.5 Å². The quantitative estimate of drug-likeness (QED) is 0.594. The van der Waals surface area contributed by atoms with Gasteiger partial charge in [0.15, 0.2) is 0 Å². The van der Waals surface area contributed by atoms with E-state index in [2.05, 4.69) is 40.1 Å². The molecule has 3 saturated carbocycles. The Morgan fingerprint density at radius 3 is 2.40 bits per heavy atom. The van der Waals surface area contributed by atoms with Gasteiger partial charge < -0.3 is 20.0 Å². The molecule has 2 N–H and O–H groups in total. The zero-order valence-electron chi connectivity index (χ0n) is 21.0. The van der Waals surface area contributed by atoms with Crippen LogP contribution < -0.4 is 14.9 Å². The average molecular weight is 495 g/mol. The monoisotopic (exact) mass is 494 g/mol. The fraction of sp³-hybridized carbons (Fsp3) is 0.577. The maximum atomic E-state index is 12.8. The molecule has 1 aromatic carbocycles. The highest BCUT2D eigenvalue weighted by molar-refractivity contribution is 7.97. The number of piperazine rings is 1. The lowest BCUT2D eigenvalue weighted by molar-refractivity contribution is -0.119. The Morgan fingerprint density at radius 2 is 1.80 bits per heavy atom. The zero-order valence-corrected chi connectivity index (χ0v) is 21.8. The van der Waals surface area contributed by atoms with Gasteiger partial charge in [-0.25, -0.2) is 9.78 Å². The highest BCUT2D eigenvalue weighted by atomic mass is 32.2. The third-order valence-electron chi connectivity index (χ3n) is 8.13. The summed E-state index contributed by atoms with van der Waals surface area (Å²) in [5, 5.41) is 4.21. The van der Waals surface area contributed by atoms with E-state index in [9.17, 15) is 9.59 Å². The number of aromatic nitrogens is 1. The smallest absolute Gasteiger partial charge is 0.319 e. The van der Waals surface area contributed by atoms with E-state index in [0.717, 1.165) is 53.0 Å². The third-order valence-corrected chi connectivity index (χ3v) is 9.20. The van der Waals surface area contributed by atoms with E-state index in [-0.39, 0.29) is 22.9 Å². The van der Waals surface area contributed by atoms with Crippen molar-refractivity contribution in [3.05, 3.63) is 23.8 Å². The van der Waals surface area contributed by atoms with Gasteiger partial charge in [0.1, 0.15) is 5.82 Å². The topological polar surface area (TPSA) is 80.8 Å². The molecule has 186 valence electrons. The van der Waals surface area contributed by atoms with E-state index in [1.807, 2.05) is 11.8 Å². The number of aryl methyl sites for hydroxylation is 1. The van der Waals surface area contributed by atoms with Crippen molar-refractivity contribution in [2.45, 2.75) is 50.0 Å². The molecule has 0 unspecified atom stereocenters. The Hall–Kier alpha value is -2.52. The number of nitrogens with one attached hydrogen (secondary N) is 2. The molecule has 2 heterocycles. The lowest BCUT2D eigenvalue weighted by atomic mass is 10.1. The molecule has 4 fully saturated rings. The van der Waals surface area contributed by atoms with E-state index in [4.69, 9.17) is 4.98 Å². The first kappa shape index (κ1) is 22.9. The Bertz CT molecular complexity index is 1210. The van der Waals surface area contributed by atoms with Crippen molar-refractivity contribution in [3.8, 4) is 0 Å². The highest BCUT2D eigenvalue weighted by Gasteiger charge is 2.74. The summed E-state index contributed by atoms with van der Waals surface area (Å²) in [7, 11) is 3.60.